The fourth-order valence-corrected chi connectivity index (χ4v) is 5.00. The Hall–Kier alpha value is -2.37. The number of rotatable bonds is 9. The van der Waals surface area contributed by atoms with Gasteiger partial charge in [-0.25, -0.2) is 9.78 Å². The van der Waals surface area contributed by atoms with Crippen LogP contribution in [0.5, 0.6) is 5.75 Å². The lowest BCUT2D eigenvalue weighted by Gasteiger charge is -2.22. The highest BCUT2D eigenvalue weighted by Gasteiger charge is 2.20. The Balaban J connectivity index is 0.000000293. The van der Waals surface area contributed by atoms with Crippen LogP contribution in [0.4, 0.5) is 4.79 Å². The van der Waals surface area contributed by atoms with Crippen LogP contribution in [0.3, 0.4) is 0 Å². The minimum atomic E-state index is -0.390. The van der Waals surface area contributed by atoms with Gasteiger partial charge in [-0.2, -0.15) is 17.0 Å². The van der Waals surface area contributed by atoms with E-state index in [1.54, 1.807) is 29.4 Å². The summed E-state index contributed by atoms with van der Waals surface area (Å²) in [4.78, 5) is 17.9. The molecule has 6 nitrogen and oxygen atoms in total. The first-order chi connectivity index (χ1) is 18.0. The first-order valence-electron chi connectivity index (χ1n) is 12.1. The molecule has 1 amide bonds. The molecule has 0 fully saturated rings. The molecule has 0 spiro atoms. The lowest BCUT2D eigenvalue weighted by molar-refractivity contribution is 0.184. The Bertz CT molecular complexity index is 1220. The molecule has 0 aliphatic heterocycles. The molecule has 0 unspecified atom stereocenters. The molecule has 0 N–H and O–H groups in total. The molecule has 204 valence electrons. The van der Waals surface area contributed by atoms with E-state index in [0.717, 1.165) is 17.7 Å². The van der Waals surface area contributed by atoms with Crippen LogP contribution in [0.1, 0.15) is 43.9 Å². The number of amides is 1. The van der Waals surface area contributed by atoms with Crippen LogP contribution in [-0.4, -0.2) is 46.4 Å². The van der Waals surface area contributed by atoms with Gasteiger partial charge < -0.3 is 9.64 Å². The van der Waals surface area contributed by atoms with E-state index in [0.29, 0.717) is 33.9 Å². The predicted octanol–water partition coefficient (Wildman–Crippen LogP) is 8.26. The fourth-order valence-electron chi connectivity index (χ4n) is 3.57. The lowest BCUT2D eigenvalue weighted by Crippen LogP contribution is -2.37. The molecule has 3 rings (SSSR count). The van der Waals surface area contributed by atoms with E-state index in [1.165, 1.54) is 22.0 Å². The molecular formula is C28H33Cl3N4O2S. The molecule has 3 aromatic rings. The molecule has 0 saturated heterocycles. The molecule has 0 aliphatic carbocycles. The zero-order chi connectivity index (χ0) is 28.3. The van der Waals surface area contributed by atoms with Gasteiger partial charge in [0.2, 0.25) is 0 Å². The van der Waals surface area contributed by atoms with Crippen molar-refractivity contribution in [3.05, 3.63) is 80.8 Å². The van der Waals surface area contributed by atoms with Crippen LogP contribution in [0, 0.1) is 18.3 Å². The number of thioether (sulfide) groups is 1. The number of nitrogens with zero attached hydrogens (tertiary/aromatic N) is 4. The smallest absolute Gasteiger partial charge is 0.329 e. The Morgan fingerprint density at radius 2 is 1.84 bits per heavy atom. The predicted molar refractivity (Wildman–Crippen MR) is 159 cm³/mol. The van der Waals surface area contributed by atoms with E-state index in [4.69, 9.17) is 44.8 Å². The summed E-state index contributed by atoms with van der Waals surface area (Å²) in [6.45, 7) is 9.29. The highest BCUT2D eigenvalue weighted by atomic mass is 35.5. The van der Waals surface area contributed by atoms with Crippen molar-refractivity contribution in [2.24, 2.45) is 0 Å². The number of carbonyl (C=O) groups is 1. The van der Waals surface area contributed by atoms with Crippen LogP contribution >= 0.6 is 46.6 Å². The molecule has 38 heavy (non-hydrogen) atoms. The maximum Gasteiger partial charge on any atom is 0.329 e. The zero-order valence-corrected chi connectivity index (χ0v) is 25.4. The molecule has 1 aromatic heterocycles. The van der Waals surface area contributed by atoms with Gasteiger partial charge in [-0.1, -0.05) is 65.5 Å². The van der Waals surface area contributed by atoms with Gasteiger partial charge in [0.05, 0.1) is 28.1 Å². The zero-order valence-electron chi connectivity index (χ0n) is 22.3. The normalized spacial score (nSPS) is 10.8. The van der Waals surface area contributed by atoms with Crippen LogP contribution in [0.2, 0.25) is 15.1 Å². The van der Waals surface area contributed by atoms with Gasteiger partial charge in [-0.15, -0.1) is 0 Å². The number of aromatic nitrogens is 2. The monoisotopic (exact) mass is 594 g/mol. The number of nitriles is 1. The van der Waals surface area contributed by atoms with Crippen molar-refractivity contribution in [1.29, 1.82) is 5.26 Å². The third kappa shape index (κ3) is 9.43. The van der Waals surface area contributed by atoms with Gasteiger partial charge in [-0.3, -0.25) is 4.57 Å². The Kier molecular flexibility index (Phi) is 12.8. The van der Waals surface area contributed by atoms with Gasteiger partial charge >= 0.3 is 6.03 Å². The summed E-state index contributed by atoms with van der Waals surface area (Å²) in [6, 6.07) is 11.8. The highest BCUT2D eigenvalue weighted by Crippen LogP contribution is 2.35. The third-order valence-electron chi connectivity index (χ3n) is 5.51. The van der Waals surface area contributed by atoms with E-state index in [2.05, 4.69) is 42.4 Å². The van der Waals surface area contributed by atoms with E-state index >= 15 is 0 Å². The van der Waals surface area contributed by atoms with Crippen LogP contribution in [-0.2, 0) is 11.2 Å². The summed E-state index contributed by atoms with van der Waals surface area (Å²) < 4.78 is 7.05. The number of ether oxygens (including phenoxy) is 1. The van der Waals surface area contributed by atoms with Crippen molar-refractivity contribution < 1.29 is 9.53 Å². The second kappa shape index (κ2) is 15.3. The second-order valence-corrected chi connectivity index (χ2v) is 11.3. The molecule has 0 atom stereocenters. The topological polar surface area (TPSA) is 71.2 Å². The summed E-state index contributed by atoms with van der Waals surface area (Å²) >= 11 is 19.8. The lowest BCUT2D eigenvalue weighted by atomic mass is 9.85. The number of imidazole rings is 1. The number of hydrogen-bond donors (Lipinski definition) is 0. The number of halogens is 3. The minimum absolute atomic E-state index is 0.152. The van der Waals surface area contributed by atoms with E-state index in [1.807, 2.05) is 32.5 Å². The van der Waals surface area contributed by atoms with Crippen LogP contribution in [0.15, 0.2) is 49.1 Å². The fraction of sp³-hybridized carbons (Fsp3) is 0.393. The highest BCUT2D eigenvalue weighted by molar-refractivity contribution is 7.97. The first-order valence-corrected chi connectivity index (χ1v) is 14.6. The number of carbonyl (C=O) groups excluding carboxylic acids is 1. The average Bonchev–Trinajstić information content (AvgIpc) is 3.40. The van der Waals surface area contributed by atoms with Gasteiger partial charge in [0.25, 0.3) is 0 Å². The van der Waals surface area contributed by atoms with Crippen LogP contribution in [0.25, 0.3) is 0 Å². The quantitative estimate of drug-likeness (QED) is 0.249. The van der Waals surface area contributed by atoms with Gasteiger partial charge in [0.1, 0.15) is 12.9 Å². The van der Waals surface area contributed by atoms with Crippen molar-refractivity contribution >= 4 is 52.6 Å². The molecule has 2 aromatic carbocycles. The number of hydrogen-bond acceptors (Lipinski definition) is 5. The van der Waals surface area contributed by atoms with Crippen LogP contribution < -0.4 is 4.74 Å². The van der Waals surface area contributed by atoms with E-state index in [9.17, 15) is 4.79 Å². The van der Waals surface area contributed by atoms with Crippen molar-refractivity contribution in [3.8, 4) is 11.8 Å². The minimum Gasteiger partial charge on any atom is -0.489 e. The Morgan fingerprint density at radius 1 is 1.16 bits per heavy atom. The molecule has 0 radical (unpaired) electrons. The van der Waals surface area contributed by atoms with Gasteiger partial charge in [-0.05, 0) is 56.7 Å². The summed E-state index contributed by atoms with van der Waals surface area (Å²) in [5.41, 5.74) is 3.27. The van der Waals surface area contributed by atoms with E-state index in [-0.39, 0.29) is 18.1 Å². The Morgan fingerprint density at radius 3 is 2.39 bits per heavy atom. The summed E-state index contributed by atoms with van der Waals surface area (Å²) in [6.07, 6.45) is 7.57. The SMILES string of the molecule is CCCN(CCOc1c(Cl)cc(Cl)cc1Cl)C(=O)n1ccnc1.CSCc1cc(C)cc(C(C)(C)C#N)c1. The first kappa shape index (κ1) is 31.8. The maximum atomic E-state index is 12.3. The Labute approximate surface area is 244 Å². The summed E-state index contributed by atoms with van der Waals surface area (Å²) in [5, 5.41) is 10.2. The van der Waals surface area contributed by atoms with Crippen molar-refractivity contribution in [3.63, 3.8) is 0 Å². The second-order valence-electron chi connectivity index (χ2n) is 9.16. The molecule has 0 saturated carbocycles. The summed E-state index contributed by atoms with van der Waals surface area (Å²) in [5.74, 6) is 1.38. The van der Waals surface area contributed by atoms with Crippen molar-refractivity contribution in [1.82, 2.24) is 14.5 Å². The molecule has 1 heterocycles. The summed E-state index contributed by atoms with van der Waals surface area (Å²) in [7, 11) is 0. The molecular weight excluding hydrogens is 563 g/mol. The molecule has 10 heteroatoms. The molecule has 0 bridgehead atoms. The number of benzene rings is 2. The standard InChI is InChI=1S/C15H16Cl3N3O2.C13H17NS/c1-2-4-20(15(22)21-5-3-19-10-21)6-7-23-14-12(17)8-11(16)9-13(14)18;1-10-5-11(8-15-4)7-12(6-10)13(2,3)9-14/h3,5,8-10H,2,4,6-7H2,1H3;5-7H,8H2,1-4H3. The molecule has 0 aliphatic rings. The maximum absolute atomic E-state index is 12.3. The largest absolute Gasteiger partial charge is 0.489 e. The number of aryl methyl sites for hydroxylation is 1. The van der Waals surface area contributed by atoms with E-state index < -0.39 is 0 Å². The third-order valence-corrected chi connectivity index (χ3v) is 6.91. The average molecular weight is 596 g/mol. The van der Waals surface area contributed by atoms with Gasteiger partial charge in [0, 0.05) is 29.7 Å². The van der Waals surface area contributed by atoms with Crippen molar-refractivity contribution in [2.45, 2.75) is 45.3 Å². The van der Waals surface area contributed by atoms with Gasteiger partial charge in [0.15, 0.2) is 5.75 Å². The van der Waals surface area contributed by atoms with Crippen molar-refractivity contribution in [2.75, 3.05) is 26.0 Å².